The first-order valence-corrected chi connectivity index (χ1v) is 2.71. The zero-order valence-electron chi connectivity index (χ0n) is 3.65. The third-order valence-corrected chi connectivity index (χ3v) is 1.74. The maximum Gasteiger partial charge on any atom is 0.0367 e. The summed E-state index contributed by atoms with van der Waals surface area (Å²) >= 11 is 5.61. The van der Waals surface area contributed by atoms with Crippen molar-refractivity contribution in [3.63, 3.8) is 0 Å². The highest BCUT2D eigenvalue weighted by molar-refractivity contribution is 6.22. The van der Waals surface area contributed by atoms with Crippen LogP contribution in [0.15, 0.2) is 0 Å². The first-order chi connectivity index (χ1) is 2.84. The summed E-state index contributed by atoms with van der Waals surface area (Å²) in [5.41, 5.74) is 0. The van der Waals surface area contributed by atoms with Gasteiger partial charge in [0.05, 0.1) is 0 Å². The summed E-state index contributed by atoms with van der Waals surface area (Å²) in [5, 5.41) is 0.475. The Bertz CT molecular complexity index is 49.9. The van der Waals surface area contributed by atoms with Gasteiger partial charge >= 0.3 is 0 Å². The molecule has 1 radical (unpaired) electrons. The lowest BCUT2D eigenvalue weighted by atomic mass is 10.3. The predicted molar refractivity (Wildman–Crippen MR) is 27.7 cm³/mol. The van der Waals surface area contributed by atoms with Crippen LogP contribution in [0.5, 0.6) is 0 Å². The van der Waals surface area contributed by atoms with Gasteiger partial charge in [-0.25, -0.2) is 0 Å². The fourth-order valence-electron chi connectivity index (χ4n) is 0.509. The summed E-state index contributed by atoms with van der Waals surface area (Å²) in [7, 11) is 0. The van der Waals surface area contributed by atoms with Crippen LogP contribution in [-0.2, 0) is 0 Å². The summed E-state index contributed by atoms with van der Waals surface area (Å²) in [6.45, 7) is 3.71. The topological polar surface area (TPSA) is 0 Å². The third kappa shape index (κ3) is 0.676. The Kier molecular flexibility index (Phi) is 1.05. The summed E-state index contributed by atoms with van der Waals surface area (Å²) in [6, 6.07) is 0. The van der Waals surface area contributed by atoms with Gasteiger partial charge in [0.1, 0.15) is 0 Å². The van der Waals surface area contributed by atoms with Crippen LogP contribution in [0.1, 0.15) is 12.8 Å². The fourth-order valence-corrected chi connectivity index (χ4v) is 0.864. The van der Waals surface area contributed by atoms with Crippen LogP contribution in [-0.4, -0.2) is 5.38 Å². The molecule has 1 aliphatic carbocycles. The number of alkyl halides is 1. The van der Waals surface area contributed by atoms with Crippen molar-refractivity contribution in [1.82, 2.24) is 0 Å². The van der Waals surface area contributed by atoms with Gasteiger partial charge in [0.2, 0.25) is 0 Å². The molecule has 0 aliphatic heterocycles. The van der Waals surface area contributed by atoms with Crippen LogP contribution in [0.4, 0.5) is 0 Å². The monoisotopic (exact) mass is 103 g/mol. The minimum Gasteiger partial charge on any atom is -0.123 e. The first kappa shape index (κ1) is 4.45. The van der Waals surface area contributed by atoms with E-state index in [1.807, 2.05) is 0 Å². The van der Waals surface area contributed by atoms with Crippen molar-refractivity contribution in [2.75, 3.05) is 0 Å². The number of rotatable bonds is 1. The Morgan fingerprint density at radius 3 is 2.33 bits per heavy atom. The SMILES string of the molecule is [CH2]CC1CC1Cl. The van der Waals surface area contributed by atoms with Crippen molar-refractivity contribution in [2.45, 2.75) is 18.2 Å². The number of halogens is 1. The molecule has 2 atom stereocenters. The highest BCUT2D eigenvalue weighted by Gasteiger charge is 2.32. The van der Waals surface area contributed by atoms with Gasteiger partial charge in [0.25, 0.3) is 0 Å². The molecule has 1 fully saturated rings. The van der Waals surface area contributed by atoms with E-state index in [0.29, 0.717) is 5.38 Å². The lowest BCUT2D eigenvalue weighted by Gasteiger charge is -1.77. The van der Waals surface area contributed by atoms with Gasteiger partial charge in [-0.15, -0.1) is 11.6 Å². The molecule has 0 aromatic carbocycles. The van der Waals surface area contributed by atoms with Crippen LogP contribution >= 0.6 is 11.6 Å². The molecule has 35 valence electrons. The first-order valence-electron chi connectivity index (χ1n) is 2.28. The van der Waals surface area contributed by atoms with Crippen molar-refractivity contribution >= 4 is 11.6 Å². The number of hydrogen-bond donors (Lipinski definition) is 0. The predicted octanol–water partition coefficient (Wildman–Crippen LogP) is 1.84. The molecule has 0 saturated heterocycles. The van der Waals surface area contributed by atoms with Crippen LogP contribution in [0.2, 0.25) is 0 Å². The van der Waals surface area contributed by atoms with Gasteiger partial charge in [-0.3, -0.25) is 0 Å². The van der Waals surface area contributed by atoms with Crippen LogP contribution in [0.25, 0.3) is 0 Å². The van der Waals surface area contributed by atoms with E-state index in [1.54, 1.807) is 0 Å². The van der Waals surface area contributed by atoms with Crippen LogP contribution in [0, 0.1) is 12.8 Å². The van der Waals surface area contributed by atoms with Gasteiger partial charge in [-0.05, 0) is 18.8 Å². The molecule has 0 bridgehead atoms. The van der Waals surface area contributed by atoms with Crippen molar-refractivity contribution in [2.24, 2.45) is 5.92 Å². The minimum atomic E-state index is 0.475. The quantitative estimate of drug-likeness (QED) is 0.445. The molecule has 1 heteroatoms. The Morgan fingerprint density at radius 1 is 1.83 bits per heavy atom. The molecule has 1 aliphatic rings. The van der Waals surface area contributed by atoms with Crippen molar-refractivity contribution in [3.8, 4) is 0 Å². The largest absolute Gasteiger partial charge is 0.123 e. The molecular weight excluding hydrogens is 95.5 g/mol. The molecule has 0 spiro atoms. The second kappa shape index (κ2) is 1.42. The van der Waals surface area contributed by atoms with Crippen molar-refractivity contribution < 1.29 is 0 Å². The Morgan fingerprint density at radius 2 is 2.33 bits per heavy atom. The molecule has 0 aromatic heterocycles. The van der Waals surface area contributed by atoms with E-state index in [4.69, 9.17) is 11.6 Å². The molecule has 0 nitrogen and oxygen atoms in total. The van der Waals surface area contributed by atoms with E-state index in [-0.39, 0.29) is 0 Å². The van der Waals surface area contributed by atoms with E-state index < -0.39 is 0 Å². The van der Waals surface area contributed by atoms with Crippen molar-refractivity contribution in [3.05, 3.63) is 6.92 Å². The molecule has 6 heavy (non-hydrogen) atoms. The minimum absolute atomic E-state index is 0.475. The highest BCUT2D eigenvalue weighted by Crippen LogP contribution is 2.38. The van der Waals surface area contributed by atoms with Gasteiger partial charge < -0.3 is 0 Å². The van der Waals surface area contributed by atoms with Gasteiger partial charge in [0, 0.05) is 5.38 Å². The van der Waals surface area contributed by atoms with Crippen LogP contribution in [0.3, 0.4) is 0 Å². The second-order valence-corrected chi connectivity index (χ2v) is 2.36. The maximum absolute atomic E-state index is 5.61. The lowest BCUT2D eigenvalue weighted by Crippen LogP contribution is -1.70. The molecule has 1 rings (SSSR count). The van der Waals surface area contributed by atoms with E-state index in [9.17, 15) is 0 Å². The average Bonchev–Trinajstić information content (AvgIpc) is 2.19. The summed E-state index contributed by atoms with van der Waals surface area (Å²) in [5.74, 6) is 0.756. The summed E-state index contributed by atoms with van der Waals surface area (Å²) in [6.07, 6.45) is 2.22. The van der Waals surface area contributed by atoms with E-state index in [0.717, 1.165) is 12.3 Å². The normalized spacial score (nSPS) is 43.0. The van der Waals surface area contributed by atoms with Gasteiger partial charge in [-0.1, -0.05) is 6.92 Å². The molecule has 0 N–H and O–H groups in total. The smallest absolute Gasteiger partial charge is 0.0367 e. The summed E-state index contributed by atoms with van der Waals surface area (Å²) < 4.78 is 0. The van der Waals surface area contributed by atoms with Gasteiger partial charge in [-0.2, -0.15) is 0 Å². The van der Waals surface area contributed by atoms with Crippen molar-refractivity contribution in [1.29, 1.82) is 0 Å². The Labute approximate surface area is 43.5 Å². The second-order valence-electron chi connectivity index (χ2n) is 1.80. The average molecular weight is 104 g/mol. The van der Waals surface area contributed by atoms with E-state index in [1.165, 1.54) is 6.42 Å². The van der Waals surface area contributed by atoms with Crippen LogP contribution < -0.4 is 0 Å². The highest BCUT2D eigenvalue weighted by atomic mass is 35.5. The molecule has 0 aromatic rings. The molecule has 1 saturated carbocycles. The zero-order chi connectivity index (χ0) is 4.57. The maximum atomic E-state index is 5.61. The molecular formula is C5H8Cl. The molecule has 2 unspecified atom stereocenters. The van der Waals surface area contributed by atoms with Gasteiger partial charge in [0.15, 0.2) is 0 Å². The number of hydrogen-bond acceptors (Lipinski definition) is 0. The Hall–Kier alpha value is 0.290. The zero-order valence-corrected chi connectivity index (χ0v) is 4.41. The van der Waals surface area contributed by atoms with E-state index in [2.05, 4.69) is 6.92 Å². The Balaban J connectivity index is 2.09. The molecule has 0 amide bonds. The summed E-state index contributed by atoms with van der Waals surface area (Å²) in [4.78, 5) is 0. The standard InChI is InChI=1S/C5H8Cl/c1-2-4-3-5(4)6/h4-5H,1-3H2. The fraction of sp³-hybridized carbons (Fsp3) is 0.800. The third-order valence-electron chi connectivity index (χ3n) is 1.21. The lowest BCUT2D eigenvalue weighted by molar-refractivity contribution is 0.862. The molecule has 0 heterocycles. The van der Waals surface area contributed by atoms with E-state index >= 15 is 0 Å².